The predicted octanol–water partition coefficient (Wildman–Crippen LogP) is 2.08. The molecule has 7 nitrogen and oxygen atoms in total. The second-order valence-corrected chi connectivity index (χ2v) is 3.30. The van der Waals surface area contributed by atoms with E-state index in [-0.39, 0.29) is 10.0 Å². The minimum absolute atomic E-state index is 0.114. The smallest absolute Gasteiger partial charge is 0.291 e. The summed E-state index contributed by atoms with van der Waals surface area (Å²) in [5.74, 6) is 0. The van der Waals surface area contributed by atoms with Crippen LogP contribution in [0.15, 0.2) is 16.6 Å². The summed E-state index contributed by atoms with van der Waals surface area (Å²) in [4.78, 5) is 29.8. The van der Waals surface area contributed by atoms with Gasteiger partial charge >= 0.3 is 0 Å². The first-order valence-corrected chi connectivity index (χ1v) is 4.34. The van der Waals surface area contributed by atoms with Crippen molar-refractivity contribution in [2.24, 2.45) is 0 Å². The molecule has 0 unspecified atom stereocenters. The molecule has 0 amide bonds. The van der Waals surface area contributed by atoms with Crippen molar-refractivity contribution in [3.8, 4) is 0 Å². The number of hydrogen-bond acceptors (Lipinski definition) is 5. The number of aldehydes is 1. The van der Waals surface area contributed by atoms with E-state index in [0.29, 0.717) is 6.29 Å². The molecule has 0 saturated heterocycles. The maximum atomic E-state index is 10.5. The molecule has 0 aliphatic rings. The summed E-state index contributed by atoms with van der Waals surface area (Å²) in [7, 11) is 0. The van der Waals surface area contributed by atoms with Crippen LogP contribution in [0.5, 0.6) is 0 Å². The largest absolute Gasteiger partial charge is 0.298 e. The Labute approximate surface area is 91.1 Å². The highest BCUT2D eigenvalue weighted by Gasteiger charge is 2.24. The van der Waals surface area contributed by atoms with Crippen LogP contribution >= 0.6 is 15.9 Å². The number of nitro benzene ring substituents is 2. The van der Waals surface area contributed by atoms with E-state index in [1.807, 2.05) is 0 Å². The molecule has 0 aliphatic carbocycles. The van der Waals surface area contributed by atoms with Gasteiger partial charge in [0.25, 0.3) is 11.4 Å². The first kappa shape index (κ1) is 11.2. The average molecular weight is 275 g/mol. The van der Waals surface area contributed by atoms with Crippen LogP contribution in [0.1, 0.15) is 10.4 Å². The van der Waals surface area contributed by atoms with Crippen molar-refractivity contribution in [1.82, 2.24) is 0 Å². The maximum Gasteiger partial charge on any atom is 0.291 e. The second-order valence-electron chi connectivity index (χ2n) is 2.51. The molecule has 0 spiro atoms. The highest BCUT2D eigenvalue weighted by atomic mass is 79.9. The van der Waals surface area contributed by atoms with Gasteiger partial charge in [-0.3, -0.25) is 25.0 Å². The molecule has 1 aromatic rings. The fraction of sp³-hybridized carbons (Fsp3) is 0. The lowest BCUT2D eigenvalue weighted by atomic mass is 10.2. The molecule has 8 heteroatoms. The molecule has 0 atom stereocenters. The van der Waals surface area contributed by atoms with Gasteiger partial charge in [0.05, 0.1) is 9.85 Å². The van der Waals surface area contributed by atoms with E-state index in [4.69, 9.17) is 0 Å². The van der Waals surface area contributed by atoms with Crippen LogP contribution in [0.4, 0.5) is 11.4 Å². The molecule has 15 heavy (non-hydrogen) atoms. The van der Waals surface area contributed by atoms with Gasteiger partial charge in [0.2, 0.25) is 0 Å². The molecule has 78 valence electrons. The van der Waals surface area contributed by atoms with E-state index in [0.717, 1.165) is 12.1 Å². The van der Waals surface area contributed by atoms with E-state index in [1.54, 1.807) is 0 Å². The molecule has 0 bridgehead atoms. The summed E-state index contributed by atoms with van der Waals surface area (Å²) in [5, 5.41) is 21.0. The first-order chi connectivity index (χ1) is 6.97. The van der Waals surface area contributed by atoms with Crippen molar-refractivity contribution in [2.45, 2.75) is 0 Å². The Hall–Kier alpha value is -1.83. The Balaban J connectivity index is 3.53. The molecule has 0 radical (unpaired) electrons. The predicted molar refractivity (Wildman–Crippen MR) is 52.8 cm³/mol. The Morgan fingerprint density at radius 1 is 1.13 bits per heavy atom. The summed E-state index contributed by atoms with van der Waals surface area (Å²) in [6, 6.07) is 1.92. The van der Waals surface area contributed by atoms with Gasteiger partial charge in [0.1, 0.15) is 0 Å². The number of benzene rings is 1. The van der Waals surface area contributed by atoms with Crippen LogP contribution in [-0.2, 0) is 0 Å². The minimum Gasteiger partial charge on any atom is -0.298 e. The SMILES string of the molecule is O=Cc1cc([N+](=O)[O-])c(Br)c([N+](=O)[O-])c1. The highest BCUT2D eigenvalue weighted by Crippen LogP contribution is 2.34. The molecule has 0 heterocycles. The van der Waals surface area contributed by atoms with E-state index in [2.05, 4.69) is 15.9 Å². The number of carbonyl (C=O) groups excluding carboxylic acids is 1. The lowest BCUT2D eigenvalue weighted by Crippen LogP contribution is -1.97. The third-order valence-electron chi connectivity index (χ3n) is 1.59. The van der Waals surface area contributed by atoms with Crippen LogP contribution in [0.25, 0.3) is 0 Å². The van der Waals surface area contributed by atoms with Crippen molar-refractivity contribution < 1.29 is 14.6 Å². The van der Waals surface area contributed by atoms with Gasteiger partial charge in [-0.1, -0.05) is 0 Å². The quantitative estimate of drug-likeness (QED) is 0.477. The first-order valence-electron chi connectivity index (χ1n) is 3.55. The summed E-state index contributed by atoms with van der Waals surface area (Å²) >= 11 is 2.75. The normalized spacial score (nSPS) is 9.67. The van der Waals surface area contributed by atoms with Crippen molar-refractivity contribution in [3.63, 3.8) is 0 Å². The number of halogens is 1. The number of carbonyl (C=O) groups is 1. The summed E-state index contributed by atoms with van der Waals surface area (Å²) in [6.07, 6.45) is 0.312. The number of rotatable bonds is 3. The van der Waals surface area contributed by atoms with Gasteiger partial charge in [-0.2, -0.15) is 0 Å². The summed E-state index contributed by atoms with van der Waals surface area (Å²) in [6.45, 7) is 0. The van der Waals surface area contributed by atoms with Gasteiger partial charge in [0.15, 0.2) is 10.8 Å². The summed E-state index contributed by atoms with van der Waals surface area (Å²) < 4.78 is -0.247. The van der Waals surface area contributed by atoms with Crippen LogP contribution in [0.3, 0.4) is 0 Å². The summed E-state index contributed by atoms with van der Waals surface area (Å²) in [5.41, 5.74) is -1.13. The highest BCUT2D eigenvalue weighted by molar-refractivity contribution is 9.10. The van der Waals surface area contributed by atoms with Crippen LogP contribution in [-0.4, -0.2) is 16.1 Å². The molecule has 0 fully saturated rings. The monoisotopic (exact) mass is 274 g/mol. The molecule has 0 N–H and O–H groups in total. The van der Waals surface area contributed by atoms with Crippen molar-refractivity contribution in [1.29, 1.82) is 0 Å². The lowest BCUT2D eigenvalue weighted by Gasteiger charge is -1.98. The second kappa shape index (κ2) is 4.13. The molecule has 1 aromatic carbocycles. The minimum atomic E-state index is -0.802. The zero-order valence-electron chi connectivity index (χ0n) is 7.05. The molecular formula is C7H3BrN2O5. The van der Waals surface area contributed by atoms with Crippen LogP contribution in [0.2, 0.25) is 0 Å². The van der Waals surface area contributed by atoms with E-state index >= 15 is 0 Å². The molecule has 0 aliphatic heterocycles. The Bertz CT molecular complexity index is 424. The Morgan fingerprint density at radius 3 is 1.80 bits per heavy atom. The number of nitrogens with zero attached hydrogens (tertiary/aromatic N) is 2. The van der Waals surface area contributed by atoms with Gasteiger partial charge in [-0.05, 0) is 15.9 Å². The third kappa shape index (κ3) is 2.15. The lowest BCUT2D eigenvalue weighted by molar-refractivity contribution is -0.395. The van der Waals surface area contributed by atoms with Crippen molar-refractivity contribution in [3.05, 3.63) is 42.4 Å². The van der Waals surface area contributed by atoms with Crippen molar-refractivity contribution in [2.75, 3.05) is 0 Å². The van der Waals surface area contributed by atoms with Crippen LogP contribution in [0, 0.1) is 20.2 Å². The fourth-order valence-electron chi connectivity index (χ4n) is 0.949. The third-order valence-corrected chi connectivity index (χ3v) is 2.40. The van der Waals surface area contributed by atoms with Gasteiger partial charge < -0.3 is 0 Å². The molecular weight excluding hydrogens is 272 g/mol. The standard InChI is InChI=1S/C7H3BrN2O5/c8-7-5(9(12)13)1-4(3-11)2-6(7)10(14)15/h1-3H. The number of nitro groups is 2. The average Bonchev–Trinajstić information content (AvgIpc) is 2.17. The van der Waals surface area contributed by atoms with Gasteiger partial charge in [-0.15, -0.1) is 0 Å². The maximum absolute atomic E-state index is 10.5. The molecule has 0 saturated carbocycles. The van der Waals surface area contributed by atoms with Crippen molar-refractivity contribution >= 4 is 33.6 Å². The van der Waals surface area contributed by atoms with Gasteiger partial charge in [-0.25, -0.2) is 0 Å². The number of hydrogen-bond donors (Lipinski definition) is 0. The Kier molecular flexibility index (Phi) is 3.10. The molecule has 1 rings (SSSR count). The fourth-order valence-corrected chi connectivity index (χ4v) is 1.47. The Morgan fingerprint density at radius 2 is 1.53 bits per heavy atom. The zero-order chi connectivity index (χ0) is 11.6. The van der Waals surface area contributed by atoms with E-state index in [1.165, 1.54) is 0 Å². The zero-order valence-corrected chi connectivity index (χ0v) is 8.63. The van der Waals surface area contributed by atoms with Crippen LogP contribution < -0.4 is 0 Å². The molecule has 0 aromatic heterocycles. The van der Waals surface area contributed by atoms with Gasteiger partial charge in [0, 0.05) is 17.7 Å². The van der Waals surface area contributed by atoms with E-state index < -0.39 is 21.2 Å². The van der Waals surface area contributed by atoms with E-state index in [9.17, 15) is 25.0 Å². The topological polar surface area (TPSA) is 103 Å².